The molecule has 0 saturated carbocycles. The second-order valence-electron chi connectivity index (χ2n) is 7.82. The molecule has 0 bridgehead atoms. The minimum Gasteiger partial charge on any atom is -0.0988 e. The number of rotatable bonds is 6. The van der Waals surface area contributed by atoms with Crippen LogP contribution in [0.1, 0.15) is 45.2 Å². The summed E-state index contributed by atoms with van der Waals surface area (Å²) in [4.78, 5) is 0. The summed E-state index contributed by atoms with van der Waals surface area (Å²) in [6, 6.07) is 25.9. The first-order valence-electron chi connectivity index (χ1n) is 11.5. The van der Waals surface area contributed by atoms with Crippen LogP contribution in [0.2, 0.25) is 0 Å². The van der Waals surface area contributed by atoms with Gasteiger partial charge in [-0.25, -0.2) is 0 Å². The zero-order valence-corrected chi connectivity index (χ0v) is 20.2. The predicted octanol–water partition coefficient (Wildman–Crippen LogP) is 7.77. The van der Waals surface area contributed by atoms with Gasteiger partial charge in [0, 0.05) is 0 Å². The van der Waals surface area contributed by atoms with Gasteiger partial charge in [-0.2, -0.15) is 0 Å². The van der Waals surface area contributed by atoms with E-state index in [9.17, 15) is 0 Å². The molecule has 0 aliphatic heterocycles. The molecule has 3 aromatic carbocycles. The summed E-state index contributed by atoms with van der Waals surface area (Å²) in [5.41, 5.74) is 7.50. The number of hydrogen-bond donors (Lipinski definition) is 0. The van der Waals surface area contributed by atoms with Crippen LogP contribution in [0.5, 0.6) is 0 Å². The van der Waals surface area contributed by atoms with Crippen LogP contribution in [0, 0.1) is 6.92 Å². The van der Waals surface area contributed by atoms with Crippen molar-refractivity contribution >= 4 is 12.2 Å². The topological polar surface area (TPSA) is 0 Å². The molecule has 0 unspecified atom stereocenters. The van der Waals surface area contributed by atoms with Crippen molar-refractivity contribution in [3.05, 3.63) is 130 Å². The largest absolute Gasteiger partial charge is 0.0988 e. The van der Waals surface area contributed by atoms with Crippen LogP contribution in [0.4, 0.5) is 0 Å². The minimum atomic E-state index is 0.859. The van der Waals surface area contributed by atoms with E-state index in [0.717, 1.165) is 6.42 Å². The number of aryl methyl sites for hydroxylation is 1. The molecule has 0 saturated heterocycles. The van der Waals surface area contributed by atoms with E-state index in [2.05, 4.69) is 124 Å². The van der Waals surface area contributed by atoms with E-state index in [1.54, 1.807) is 0 Å². The lowest BCUT2D eigenvalue weighted by Gasteiger charge is -2.07. The van der Waals surface area contributed by atoms with Crippen LogP contribution in [-0.2, 0) is 0 Å². The highest BCUT2D eigenvalue weighted by Crippen LogP contribution is 2.24. The van der Waals surface area contributed by atoms with Gasteiger partial charge in [-0.3, -0.25) is 0 Å². The molecule has 0 amide bonds. The van der Waals surface area contributed by atoms with Crippen LogP contribution in [0.3, 0.4) is 0 Å². The van der Waals surface area contributed by atoms with Gasteiger partial charge in [-0.15, -0.1) is 0 Å². The molecule has 0 aliphatic rings. The van der Waals surface area contributed by atoms with E-state index in [4.69, 9.17) is 0 Å². The van der Waals surface area contributed by atoms with Crippen molar-refractivity contribution in [2.45, 2.75) is 41.0 Å². The van der Waals surface area contributed by atoms with Gasteiger partial charge in [-0.05, 0) is 66.0 Å². The van der Waals surface area contributed by atoms with Crippen LogP contribution < -0.4 is 10.4 Å². The summed E-state index contributed by atoms with van der Waals surface area (Å²) in [5.74, 6) is 0. The predicted molar refractivity (Wildman–Crippen MR) is 144 cm³/mol. The Kier molecular flexibility index (Phi) is 10.2. The first kappa shape index (κ1) is 24.9. The maximum absolute atomic E-state index is 3.97. The quantitative estimate of drug-likeness (QED) is 0.357. The lowest BCUT2D eigenvalue weighted by Crippen LogP contribution is -2.23. The molecule has 164 valence electrons. The fraction of sp³-hybridized carbons (Fsp3) is 0.188. The normalized spacial score (nSPS) is 12.1. The molecule has 3 aromatic rings. The molecule has 0 N–H and O–H groups in total. The third-order valence-corrected chi connectivity index (χ3v) is 5.08. The Labute approximate surface area is 194 Å². The summed E-state index contributed by atoms with van der Waals surface area (Å²) in [7, 11) is 0. The summed E-state index contributed by atoms with van der Waals surface area (Å²) in [5, 5.41) is 2.46. The summed E-state index contributed by atoms with van der Waals surface area (Å²) in [6.45, 7) is 14.3. The molecule has 3 rings (SSSR count). The molecule has 0 aromatic heterocycles. The van der Waals surface area contributed by atoms with Gasteiger partial charge >= 0.3 is 0 Å². The summed E-state index contributed by atoms with van der Waals surface area (Å²) >= 11 is 0. The van der Waals surface area contributed by atoms with E-state index in [1.807, 2.05) is 19.9 Å². The van der Waals surface area contributed by atoms with E-state index in [0.29, 0.717) is 0 Å². The van der Waals surface area contributed by atoms with Crippen molar-refractivity contribution in [3.63, 3.8) is 0 Å². The minimum absolute atomic E-state index is 0.859. The van der Waals surface area contributed by atoms with Crippen LogP contribution in [0.15, 0.2) is 109 Å². The van der Waals surface area contributed by atoms with E-state index >= 15 is 0 Å². The molecular weight excluding hydrogens is 384 g/mol. The highest BCUT2D eigenvalue weighted by Gasteiger charge is 2.02. The molecule has 0 fully saturated rings. The van der Waals surface area contributed by atoms with Crippen molar-refractivity contribution in [2.24, 2.45) is 0 Å². The second kappa shape index (κ2) is 13.1. The number of allylic oxidation sites excluding steroid dienone is 5. The molecular formula is C32H36. The van der Waals surface area contributed by atoms with Crippen molar-refractivity contribution in [1.29, 1.82) is 0 Å². The lowest BCUT2D eigenvalue weighted by molar-refractivity contribution is 1.32. The standard InChI is InChI=1S/C30H30.C2H6/c1-5-25(17-14-23(2)3)18-21-26-10-6-7-11-28(26)22-29-12-8-9-13-30(29)27-19-15-24(4)16-20-27;1-2/h5-17,19-22H,1,18H2,2-4H3;1-2H3/b25-17+,26-21+,28-22-;. The molecule has 0 spiro atoms. The highest BCUT2D eigenvalue weighted by molar-refractivity contribution is 5.75. The Balaban J connectivity index is 0.00000176. The number of benzene rings is 3. The van der Waals surface area contributed by atoms with Gasteiger partial charge in [0.25, 0.3) is 0 Å². The molecule has 32 heavy (non-hydrogen) atoms. The van der Waals surface area contributed by atoms with Gasteiger partial charge in [0.15, 0.2) is 0 Å². The van der Waals surface area contributed by atoms with Crippen molar-refractivity contribution < 1.29 is 0 Å². The van der Waals surface area contributed by atoms with Gasteiger partial charge < -0.3 is 0 Å². The third kappa shape index (κ3) is 7.39. The Morgan fingerprint density at radius 2 is 1.41 bits per heavy atom. The summed E-state index contributed by atoms with van der Waals surface area (Å²) in [6.07, 6.45) is 11.7. The smallest absolute Gasteiger partial charge is 0.00884 e. The Bertz CT molecular complexity index is 1180. The Morgan fingerprint density at radius 1 is 0.781 bits per heavy atom. The lowest BCUT2D eigenvalue weighted by atomic mass is 9.98. The fourth-order valence-corrected chi connectivity index (χ4v) is 3.34. The zero-order chi connectivity index (χ0) is 23.3. The maximum atomic E-state index is 3.97. The highest BCUT2D eigenvalue weighted by atomic mass is 14.1. The van der Waals surface area contributed by atoms with Crippen LogP contribution in [0.25, 0.3) is 23.3 Å². The van der Waals surface area contributed by atoms with E-state index in [1.165, 1.54) is 43.8 Å². The summed E-state index contributed by atoms with van der Waals surface area (Å²) < 4.78 is 0. The molecule has 0 heterocycles. The Morgan fingerprint density at radius 3 is 2.06 bits per heavy atom. The third-order valence-electron chi connectivity index (χ3n) is 5.08. The molecule has 0 aliphatic carbocycles. The average molecular weight is 421 g/mol. The van der Waals surface area contributed by atoms with Gasteiger partial charge in [0.05, 0.1) is 0 Å². The van der Waals surface area contributed by atoms with Gasteiger partial charge in [0.2, 0.25) is 0 Å². The Hall–Kier alpha value is -3.38. The van der Waals surface area contributed by atoms with Crippen LogP contribution in [-0.4, -0.2) is 0 Å². The van der Waals surface area contributed by atoms with Crippen molar-refractivity contribution in [1.82, 2.24) is 0 Å². The fourth-order valence-electron chi connectivity index (χ4n) is 3.34. The average Bonchev–Trinajstić information content (AvgIpc) is 2.82. The SMILES string of the molecule is C=C/C(=C\C=C(C)C)C/C=c1\cccc\c1=C\c1ccccc1-c1ccc(C)cc1.CC. The maximum Gasteiger partial charge on any atom is -0.00884 e. The van der Waals surface area contributed by atoms with Crippen molar-refractivity contribution in [3.8, 4) is 11.1 Å². The zero-order valence-electron chi connectivity index (χ0n) is 20.2. The van der Waals surface area contributed by atoms with Gasteiger partial charge in [-0.1, -0.05) is 129 Å². The monoisotopic (exact) mass is 420 g/mol. The first-order chi connectivity index (χ1) is 15.6. The molecule has 0 atom stereocenters. The molecule has 0 heteroatoms. The van der Waals surface area contributed by atoms with Crippen LogP contribution >= 0.6 is 0 Å². The van der Waals surface area contributed by atoms with Crippen molar-refractivity contribution in [2.75, 3.05) is 0 Å². The first-order valence-corrected chi connectivity index (χ1v) is 11.5. The number of hydrogen-bond acceptors (Lipinski definition) is 0. The van der Waals surface area contributed by atoms with E-state index in [-0.39, 0.29) is 0 Å². The van der Waals surface area contributed by atoms with E-state index < -0.39 is 0 Å². The van der Waals surface area contributed by atoms with Gasteiger partial charge in [0.1, 0.15) is 0 Å². The molecule has 0 radical (unpaired) electrons. The second-order valence-corrected chi connectivity index (χ2v) is 7.82. The molecule has 0 nitrogen and oxygen atoms in total.